The highest BCUT2D eigenvalue weighted by Gasteiger charge is 2.26. The summed E-state index contributed by atoms with van der Waals surface area (Å²) in [4.78, 5) is 0. The molecule has 17 heavy (non-hydrogen) atoms. The van der Waals surface area contributed by atoms with Gasteiger partial charge >= 0.3 is 0 Å². The Labute approximate surface area is 103 Å². The average Bonchev–Trinajstić information content (AvgIpc) is 2.39. The first kappa shape index (κ1) is 12.0. The van der Waals surface area contributed by atoms with Crippen LogP contribution in [-0.2, 0) is 6.42 Å². The van der Waals surface area contributed by atoms with Gasteiger partial charge in [-0.1, -0.05) is 25.5 Å². The van der Waals surface area contributed by atoms with Crippen molar-refractivity contribution in [3.8, 4) is 11.8 Å². The van der Waals surface area contributed by atoms with Crippen LogP contribution in [0, 0.1) is 17.2 Å². The van der Waals surface area contributed by atoms with Crippen molar-refractivity contribution in [1.82, 2.24) is 0 Å². The number of hydrogen-bond donors (Lipinski definition) is 0. The smallest absolute Gasteiger partial charge is 0.120 e. The fraction of sp³-hybridized carbons (Fsp3) is 0.533. The molecule has 0 aromatic heterocycles. The molecule has 90 valence electrons. The fourth-order valence-corrected chi connectivity index (χ4v) is 2.40. The van der Waals surface area contributed by atoms with Gasteiger partial charge in [-0.25, -0.2) is 0 Å². The first-order chi connectivity index (χ1) is 8.33. The minimum Gasteiger partial charge on any atom is -0.489 e. The summed E-state index contributed by atoms with van der Waals surface area (Å²) in [6.07, 6.45) is 5.43. The van der Waals surface area contributed by atoms with Crippen molar-refractivity contribution in [2.75, 3.05) is 0 Å². The van der Waals surface area contributed by atoms with Crippen LogP contribution in [0.15, 0.2) is 24.3 Å². The molecular formula is C15H19NO. The van der Waals surface area contributed by atoms with E-state index in [1.54, 1.807) is 0 Å². The third kappa shape index (κ3) is 3.00. The van der Waals surface area contributed by atoms with E-state index in [-0.39, 0.29) is 12.0 Å². The van der Waals surface area contributed by atoms with Gasteiger partial charge in [-0.3, -0.25) is 0 Å². The van der Waals surface area contributed by atoms with Crippen LogP contribution in [0.25, 0.3) is 0 Å². The van der Waals surface area contributed by atoms with Crippen molar-refractivity contribution < 1.29 is 4.74 Å². The van der Waals surface area contributed by atoms with Crippen molar-refractivity contribution >= 4 is 0 Å². The Morgan fingerprint density at radius 1 is 1.35 bits per heavy atom. The second kappa shape index (κ2) is 5.72. The number of hydrogen-bond acceptors (Lipinski definition) is 2. The van der Waals surface area contributed by atoms with Crippen LogP contribution in [-0.4, -0.2) is 6.10 Å². The molecule has 0 bridgehead atoms. The van der Waals surface area contributed by atoms with E-state index in [9.17, 15) is 0 Å². The fourth-order valence-electron chi connectivity index (χ4n) is 2.40. The quantitative estimate of drug-likeness (QED) is 0.791. The Bertz CT molecular complexity index is 408. The molecule has 2 rings (SSSR count). The molecule has 2 unspecified atom stereocenters. The first-order valence-corrected chi connectivity index (χ1v) is 6.48. The maximum absolute atomic E-state index is 9.11. The zero-order valence-electron chi connectivity index (χ0n) is 10.4. The topological polar surface area (TPSA) is 33.0 Å². The number of aryl methyl sites for hydroxylation is 1. The SMILES string of the molecule is CCc1cccc(OC2CCCCC2C#N)c1. The van der Waals surface area contributed by atoms with Crippen LogP contribution in [0.1, 0.15) is 38.2 Å². The molecule has 0 spiro atoms. The molecule has 0 amide bonds. The lowest BCUT2D eigenvalue weighted by atomic mass is 9.87. The molecule has 0 aliphatic heterocycles. The third-order valence-corrected chi connectivity index (χ3v) is 3.46. The van der Waals surface area contributed by atoms with Crippen LogP contribution in [0.2, 0.25) is 0 Å². The van der Waals surface area contributed by atoms with Gasteiger partial charge in [0.05, 0.1) is 12.0 Å². The van der Waals surface area contributed by atoms with Crippen molar-refractivity contribution in [2.24, 2.45) is 5.92 Å². The zero-order valence-corrected chi connectivity index (χ0v) is 10.4. The van der Waals surface area contributed by atoms with Crippen molar-refractivity contribution in [3.05, 3.63) is 29.8 Å². The van der Waals surface area contributed by atoms with E-state index in [1.165, 1.54) is 12.0 Å². The minimum atomic E-state index is 0.0639. The Morgan fingerprint density at radius 2 is 2.18 bits per heavy atom. The second-order valence-corrected chi connectivity index (χ2v) is 4.68. The second-order valence-electron chi connectivity index (χ2n) is 4.68. The number of nitrogens with zero attached hydrogens (tertiary/aromatic N) is 1. The van der Waals surface area contributed by atoms with Gasteiger partial charge < -0.3 is 4.74 Å². The predicted molar refractivity (Wildman–Crippen MR) is 67.8 cm³/mol. The first-order valence-electron chi connectivity index (χ1n) is 6.48. The lowest BCUT2D eigenvalue weighted by molar-refractivity contribution is 0.120. The van der Waals surface area contributed by atoms with Gasteiger partial charge in [0.15, 0.2) is 0 Å². The van der Waals surface area contributed by atoms with E-state index >= 15 is 0 Å². The summed E-state index contributed by atoms with van der Waals surface area (Å²) in [5.74, 6) is 0.977. The van der Waals surface area contributed by atoms with E-state index in [0.29, 0.717) is 0 Å². The number of nitriles is 1. The van der Waals surface area contributed by atoms with Crippen molar-refractivity contribution in [3.63, 3.8) is 0 Å². The van der Waals surface area contributed by atoms with E-state index in [4.69, 9.17) is 10.00 Å². The maximum Gasteiger partial charge on any atom is 0.120 e. The predicted octanol–water partition coefficient (Wildman–Crippen LogP) is 3.71. The average molecular weight is 229 g/mol. The molecule has 1 saturated carbocycles. The van der Waals surface area contributed by atoms with Gasteiger partial charge in [0.2, 0.25) is 0 Å². The summed E-state index contributed by atoms with van der Waals surface area (Å²) in [6, 6.07) is 10.6. The largest absolute Gasteiger partial charge is 0.489 e. The molecule has 2 nitrogen and oxygen atoms in total. The molecule has 0 heterocycles. The molecule has 2 atom stereocenters. The van der Waals surface area contributed by atoms with Crippen molar-refractivity contribution in [2.45, 2.75) is 45.1 Å². The summed E-state index contributed by atoms with van der Waals surface area (Å²) in [5, 5.41) is 9.11. The van der Waals surface area contributed by atoms with Crippen LogP contribution >= 0.6 is 0 Å². The summed E-state index contributed by atoms with van der Waals surface area (Å²) < 4.78 is 5.98. The molecule has 1 aliphatic carbocycles. The van der Waals surface area contributed by atoms with Crippen molar-refractivity contribution in [1.29, 1.82) is 5.26 Å². The molecule has 2 heteroatoms. The van der Waals surface area contributed by atoms with Crippen LogP contribution in [0.4, 0.5) is 0 Å². The number of benzene rings is 1. The van der Waals surface area contributed by atoms with Gasteiger partial charge in [0.1, 0.15) is 11.9 Å². The molecule has 0 radical (unpaired) electrons. The molecule has 0 saturated heterocycles. The molecule has 1 fully saturated rings. The van der Waals surface area contributed by atoms with Gasteiger partial charge in [-0.2, -0.15) is 5.26 Å². The Balaban J connectivity index is 2.06. The van der Waals surface area contributed by atoms with Crippen LogP contribution in [0.5, 0.6) is 5.75 Å². The normalized spacial score (nSPS) is 24.0. The van der Waals surface area contributed by atoms with Gasteiger partial charge in [-0.15, -0.1) is 0 Å². The van der Waals surface area contributed by atoms with Crippen LogP contribution in [0.3, 0.4) is 0 Å². The maximum atomic E-state index is 9.11. The molecule has 0 N–H and O–H groups in total. The van der Waals surface area contributed by atoms with Gasteiger partial charge in [0, 0.05) is 0 Å². The number of ether oxygens (including phenoxy) is 1. The minimum absolute atomic E-state index is 0.0639. The summed E-state index contributed by atoms with van der Waals surface area (Å²) in [6.45, 7) is 2.14. The molecule has 1 aromatic carbocycles. The Kier molecular flexibility index (Phi) is 4.03. The summed E-state index contributed by atoms with van der Waals surface area (Å²) in [5.41, 5.74) is 1.28. The van der Waals surface area contributed by atoms with E-state index in [1.807, 2.05) is 12.1 Å². The highest BCUT2D eigenvalue weighted by atomic mass is 16.5. The standard InChI is InChI=1S/C15H19NO/c1-2-12-6-5-8-14(10-12)17-15-9-4-3-7-13(15)11-16/h5-6,8,10,13,15H,2-4,7,9H2,1H3. The molecular weight excluding hydrogens is 210 g/mol. The van der Waals surface area contributed by atoms with E-state index in [0.717, 1.165) is 31.4 Å². The highest BCUT2D eigenvalue weighted by molar-refractivity contribution is 5.28. The summed E-state index contributed by atoms with van der Waals surface area (Å²) >= 11 is 0. The number of rotatable bonds is 3. The Morgan fingerprint density at radius 3 is 2.94 bits per heavy atom. The third-order valence-electron chi connectivity index (χ3n) is 3.46. The van der Waals surface area contributed by atoms with Crippen LogP contribution < -0.4 is 4.74 Å². The zero-order chi connectivity index (χ0) is 12.1. The van der Waals surface area contributed by atoms with Gasteiger partial charge in [0.25, 0.3) is 0 Å². The lowest BCUT2D eigenvalue weighted by Gasteiger charge is -2.27. The highest BCUT2D eigenvalue weighted by Crippen LogP contribution is 2.28. The van der Waals surface area contributed by atoms with Gasteiger partial charge in [-0.05, 0) is 43.4 Å². The monoisotopic (exact) mass is 229 g/mol. The lowest BCUT2D eigenvalue weighted by Crippen LogP contribution is -2.29. The summed E-state index contributed by atoms with van der Waals surface area (Å²) in [7, 11) is 0. The molecule has 1 aliphatic rings. The van der Waals surface area contributed by atoms with E-state index in [2.05, 4.69) is 25.1 Å². The molecule has 1 aromatic rings. The Hall–Kier alpha value is -1.49. The van der Waals surface area contributed by atoms with E-state index < -0.39 is 0 Å².